The Kier molecular flexibility index (Phi) is 3.18. The van der Waals surface area contributed by atoms with Crippen molar-refractivity contribution in [3.8, 4) is 0 Å². The molecule has 1 saturated carbocycles. The Hall–Kier alpha value is -2.55. The molecule has 2 aliphatic carbocycles. The zero-order valence-electron chi connectivity index (χ0n) is 13.6. The van der Waals surface area contributed by atoms with Gasteiger partial charge >= 0.3 is 0 Å². The third-order valence-electron chi connectivity index (χ3n) is 5.00. The molecule has 2 heterocycles. The summed E-state index contributed by atoms with van der Waals surface area (Å²) in [5, 5.41) is 1.18. The maximum Gasteiger partial charge on any atom is 0.131 e. The van der Waals surface area contributed by atoms with Gasteiger partial charge in [-0.2, -0.15) is 0 Å². The van der Waals surface area contributed by atoms with E-state index < -0.39 is 0 Å². The van der Waals surface area contributed by atoms with Crippen molar-refractivity contribution in [1.29, 1.82) is 0 Å². The molecule has 0 radical (unpaired) electrons. The Bertz CT molecular complexity index is 954. The Morgan fingerprint density at radius 1 is 1.04 bits per heavy atom. The SMILES string of the molecule is C1=C(c2ccc3ncccc3c2)c2cnc(C3CC3)nc2CCC1. The van der Waals surface area contributed by atoms with Crippen LogP contribution in [-0.2, 0) is 6.42 Å². The highest BCUT2D eigenvalue weighted by molar-refractivity contribution is 5.88. The van der Waals surface area contributed by atoms with E-state index in [0.29, 0.717) is 5.92 Å². The summed E-state index contributed by atoms with van der Waals surface area (Å²) in [6, 6.07) is 10.6. The summed E-state index contributed by atoms with van der Waals surface area (Å²) >= 11 is 0. The molecule has 24 heavy (non-hydrogen) atoms. The molecule has 3 nitrogen and oxygen atoms in total. The second kappa shape index (κ2) is 5.52. The van der Waals surface area contributed by atoms with E-state index in [1.54, 1.807) is 0 Å². The molecule has 3 heteroatoms. The van der Waals surface area contributed by atoms with Crippen LogP contribution >= 0.6 is 0 Å². The van der Waals surface area contributed by atoms with E-state index in [-0.39, 0.29) is 0 Å². The number of aromatic nitrogens is 3. The lowest BCUT2D eigenvalue weighted by Gasteiger charge is -2.12. The Morgan fingerprint density at radius 3 is 2.92 bits per heavy atom. The van der Waals surface area contributed by atoms with Crippen molar-refractivity contribution in [2.75, 3.05) is 0 Å². The third kappa shape index (κ3) is 2.41. The van der Waals surface area contributed by atoms with Gasteiger partial charge in [0.05, 0.1) is 11.2 Å². The second-order valence-corrected chi connectivity index (χ2v) is 6.78. The summed E-state index contributed by atoms with van der Waals surface area (Å²) in [5.74, 6) is 1.66. The average Bonchev–Trinajstić information content (AvgIpc) is 3.47. The van der Waals surface area contributed by atoms with E-state index in [1.165, 1.54) is 40.6 Å². The summed E-state index contributed by atoms with van der Waals surface area (Å²) in [5.41, 5.74) is 5.98. The number of aryl methyl sites for hydroxylation is 1. The quantitative estimate of drug-likeness (QED) is 0.690. The molecule has 0 aliphatic heterocycles. The van der Waals surface area contributed by atoms with Gasteiger partial charge in [0, 0.05) is 29.3 Å². The molecular weight excluding hydrogens is 294 g/mol. The van der Waals surface area contributed by atoms with Gasteiger partial charge in [-0.15, -0.1) is 0 Å². The molecule has 0 saturated heterocycles. The van der Waals surface area contributed by atoms with Crippen molar-refractivity contribution in [3.05, 3.63) is 71.4 Å². The van der Waals surface area contributed by atoms with Crippen LogP contribution in [0.25, 0.3) is 16.5 Å². The maximum atomic E-state index is 4.91. The number of fused-ring (bicyclic) bond motifs is 2. The first-order valence-electron chi connectivity index (χ1n) is 8.80. The molecule has 0 unspecified atom stereocenters. The smallest absolute Gasteiger partial charge is 0.131 e. The summed E-state index contributed by atoms with van der Waals surface area (Å²) < 4.78 is 0. The Balaban J connectivity index is 1.63. The summed E-state index contributed by atoms with van der Waals surface area (Å²) in [4.78, 5) is 14.0. The number of hydrogen-bond donors (Lipinski definition) is 0. The predicted octanol–water partition coefficient (Wildman–Crippen LogP) is 4.67. The van der Waals surface area contributed by atoms with Crippen LogP contribution in [-0.4, -0.2) is 15.0 Å². The lowest BCUT2D eigenvalue weighted by Crippen LogP contribution is -2.03. The van der Waals surface area contributed by atoms with Gasteiger partial charge in [-0.05, 0) is 61.4 Å². The first kappa shape index (κ1) is 13.8. The molecule has 0 bridgehead atoms. The van der Waals surface area contributed by atoms with Crippen molar-refractivity contribution >= 4 is 16.5 Å². The normalized spacial score (nSPS) is 17.2. The van der Waals surface area contributed by atoms with E-state index in [4.69, 9.17) is 4.98 Å². The van der Waals surface area contributed by atoms with Crippen LogP contribution in [0, 0.1) is 0 Å². The molecule has 2 aromatic heterocycles. The van der Waals surface area contributed by atoms with Gasteiger partial charge in [0.2, 0.25) is 0 Å². The fourth-order valence-corrected chi connectivity index (χ4v) is 3.53. The molecule has 1 fully saturated rings. The number of rotatable bonds is 2. The Morgan fingerprint density at radius 2 is 2.00 bits per heavy atom. The fraction of sp³-hybridized carbons (Fsp3) is 0.286. The first-order chi connectivity index (χ1) is 11.9. The summed E-state index contributed by atoms with van der Waals surface area (Å²) in [6.07, 6.45) is 12.0. The summed E-state index contributed by atoms with van der Waals surface area (Å²) in [6.45, 7) is 0. The van der Waals surface area contributed by atoms with Crippen LogP contribution in [0.2, 0.25) is 0 Å². The van der Waals surface area contributed by atoms with Crippen molar-refractivity contribution in [3.63, 3.8) is 0 Å². The van der Waals surface area contributed by atoms with Gasteiger partial charge in [0.25, 0.3) is 0 Å². The largest absolute Gasteiger partial charge is 0.256 e. The predicted molar refractivity (Wildman–Crippen MR) is 95.8 cm³/mol. The molecule has 5 rings (SSSR count). The van der Waals surface area contributed by atoms with Crippen LogP contribution in [0.4, 0.5) is 0 Å². The van der Waals surface area contributed by atoms with Crippen molar-refractivity contribution in [2.24, 2.45) is 0 Å². The topological polar surface area (TPSA) is 38.7 Å². The highest BCUT2D eigenvalue weighted by Gasteiger charge is 2.27. The second-order valence-electron chi connectivity index (χ2n) is 6.78. The molecule has 0 spiro atoms. The molecule has 0 amide bonds. The first-order valence-corrected chi connectivity index (χ1v) is 8.80. The monoisotopic (exact) mass is 313 g/mol. The van der Waals surface area contributed by atoms with Gasteiger partial charge in [0.1, 0.15) is 5.82 Å². The van der Waals surface area contributed by atoms with Crippen LogP contribution in [0.1, 0.15) is 54.2 Å². The van der Waals surface area contributed by atoms with E-state index in [1.807, 2.05) is 12.3 Å². The fourth-order valence-electron chi connectivity index (χ4n) is 3.53. The third-order valence-corrected chi connectivity index (χ3v) is 5.00. The van der Waals surface area contributed by atoms with Crippen LogP contribution < -0.4 is 0 Å². The summed E-state index contributed by atoms with van der Waals surface area (Å²) in [7, 11) is 0. The Labute approximate surface area is 141 Å². The number of pyridine rings is 1. The number of allylic oxidation sites excluding steroid dienone is 1. The van der Waals surface area contributed by atoms with Gasteiger partial charge < -0.3 is 0 Å². The van der Waals surface area contributed by atoms with Crippen molar-refractivity contribution < 1.29 is 0 Å². The van der Waals surface area contributed by atoms with E-state index in [0.717, 1.165) is 30.6 Å². The van der Waals surface area contributed by atoms with Gasteiger partial charge in [-0.25, -0.2) is 9.97 Å². The average molecular weight is 313 g/mol. The van der Waals surface area contributed by atoms with Crippen LogP contribution in [0.15, 0.2) is 48.8 Å². The molecule has 0 atom stereocenters. The molecule has 3 aromatic rings. The van der Waals surface area contributed by atoms with E-state index in [9.17, 15) is 0 Å². The molecule has 0 N–H and O–H groups in total. The minimum atomic E-state index is 0.609. The standard InChI is InChI=1S/C21H19N3/c1-2-6-20-18(13-23-21(24-20)14-7-8-14)17(5-1)15-9-10-19-16(12-15)4-3-11-22-19/h3-5,9-14H,1-2,6-8H2. The molecule has 2 aliphatic rings. The highest BCUT2D eigenvalue weighted by Crippen LogP contribution is 2.39. The number of nitrogens with zero attached hydrogens (tertiary/aromatic N) is 3. The lowest BCUT2D eigenvalue weighted by atomic mass is 9.96. The maximum absolute atomic E-state index is 4.91. The van der Waals surface area contributed by atoms with Gasteiger partial charge in [-0.1, -0.05) is 18.2 Å². The minimum absolute atomic E-state index is 0.609. The van der Waals surface area contributed by atoms with E-state index >= 15 is 0 Å². The number of hydrogen-bond acceptors (Lipinski definition) is 3. The van der Waals surface area contributed by atoms with E-state index in [2.05, 4.69) is 46.5 Å². The van der Waals surface area contributed by atoms with Crippen molar-refractivity contribution in [1.82, 2.24) is 15.0 Å². The van der Waals surface area contributed by atoms with Gasteiger partial charge in [-0.3, -0.25) is 4.98 Å². The van der Waals surface area contributed by atoms with Crippen LogP contribution in [0.3, 0.4) is 0 Å². The zero-order chi connectivity index (χ0) is 15.9. The molecule has 1 aromatic carbocycles. The van der Waals surface area contributed by atoms with Gasteiger partial charge in [0.15, 0.2) is 0 Å². The number of benzene rings is 1. The molecule has 118 valence electrons. The minimum Gasteiger partial charge on any atom is -0.256 e. The lowest BCUT2D eigenvalue weighted by molar-refractivity contribution is 0.797. The highest BCUT2D eigenvalue weighted by atomic mass is 14.9. The molecular formula is C21H19N3. The van der Waals surface area contributed by atoms with Crippen molar-refractivity contribution in [2.45, 2.75) is 38.0 Å². The van der Waals surface area contributed by atoms with Crippen LogP contribution in [0.5, 0.6) is 0 Å². The zero-order valence-corrected chi connectivity index (χ0v) is 13.6.